The summed E-state index contributed by atoms with van der Waals surface area (Å²) >= 11 is 1.04. The molecule has 1 rings (SSSR count). The third-order valence-corrected chi connectivity index (χ3v) is 1.81. The maximum absolute atomic E-state index is 10.8. The van der Waals surface area contributed by atoms with Crippen LogP contribution < -0.4 is 16.2 Å². The second-order valence-electron chi connectivity index (χ2n) is 4.40. The van der Waals surface area contributed by atoms with Crippen LogP contribution in [0.1, 0.15) is 20.8 Å². The third kappa shape index (κ3) is 11.1. The van der Waals surface area contributed by atoms with Gasteiger partial charge in [-0.2, -0.15) is 0 Å². The zero-order valence-corrected chi connectivity index (χ0v) is 11.8. The van der Waals surface area contributed by atoms with Crippen molar-refractivity contribution in [1.29, 1.82) is 0 Å². The second-order valence-corrected chi connectivity index (χ2v) is 5.02. The minimum atomic E-state index is -0.441. The first-order chi connectivity index (χ1) is 8.35. The minimum absolute atomic E-state index is 0.370. The Labute approximate surface area is 112 Å². The highest BCUT2D eigenvalue weighted by Crippen LogP contribution is 2.06. The molecule has 0 saturated heterocycles. The van der Waals surface area contributed by atoms with E-state index in [1.54, 1.807) is 0 Å². The van der Waals surface area contributed by atoms with Gasteiger partial charge in [0.1, 0.15) is 5.60 Å². The number of hydrogen-bond donors (Lipinski definition) is 3. The number of ether oxygens (including phenoxy) is 1. The van der Waals surface area contributed by atoms with Crippen molar-refractivity contribution in [2.24, 2.45) is 5.14 Å². The van der Waals surface area contributed by atoms with E-state index in [4.69, 9.17) is 15.6 Å². The lowest BCUT2D eigenvalue weighted by Gasteiger charge is -2.19. The zero-order chi connectivity index (χ0) is 14.0. The van der Waals surface area contributed by atoms with Crippen LogP contribution in [-0.4, -0.2) is 17.6 Å². The average Bonchev–Trinajstić information content (AvgIpc) is 2.26. The Bertz CT molecular complexity index is 339. The Hall–Kier alpha value is -1.40. The van der Waals surface area contributed by atoms with Crippen LogP contribution in [0.4, 0.5) is 10.5 Å². The zero-order valence-electron chi connectivity index (χ0n) is 11.0. The Balaban J connectivity index is 0.000000351. The molecule has 0 atom stereocenters. The number of nitrogens with one attached hydrogen (secondary N) is 1. The van der Waals surface area contributed by atoms with Gasteiger partial charge in [-0.05, 0) is 32.9 Å². The lowest BCUT2D eigenvalue weighted by atomic mass is 10.2. The Kier molecular flexibility index (Phi) is 7.98. The van der Waals surface area contributed by atoms with Gasteiger partial charge in [0.15, 0.2) is 0 Å². The molecule has 0 aliphatic rings. The van der Waals surface area contributed by atoms with E-state index in [1.807, 2.05) is 51.1 Å². The second kappa shape index (κ2) is 8.66. The number of anilines is 1. The summed E-state index contributed by atoms with van der Waals surface area (Å²) in [6.45, 7) is 5.42. The van der Waals surface area contributed by atoms with E-state index < -0.39 is 11.7 Å². The monoisotopic (exact) mass is 271 g/mol. The van der Waals surface area contributed by atoms with Crippen LogP contribution in [0.15, 0.2) is 30.3 Å². The van der Waals surface area contributed by atoms with Crippen molar-refractivity contribution in [3.8, 4) is 0 Å². The molecule has 0 fully saturated rings. The number of nitrogens with two attached hydrogens (primary N) is 2. The van der Waals surface area contributed by atoms with Gasteiger partial charge in [-0.15, -0.1) is 0 Å². The van der Waals surface area contributed by atoms with Crippen LogP contribution in [-0.2, 0) is 4.74 Å². The summed E-state index contributed by atoms with van der Waals surface area (Å²) in [5, 5.41) is 7.55. The molecule has 1 aromatic rings. The van der Waals surface area contributed by atoms with Gasteiger partial charge in [-0.1, -0.05) is 30.1 Å². The topological polar surface area (TPSA) is 90.4 Å². The molecule has 0 aromatic heterocycles. The Morgan fingerprint density at radius 3 is 2.22 bits per heavy atom. The van der Waals surface area contributed by atoms with Crippen molar-refractivity contribution in [2.75, 3.05) is 11.6 Å². The average molecular weight is 271 g/mol. The molecule has 0 radical (unpaired) electrons. The molecule has 1 amide bonds. The molecule has 0 unspecified atom stereocenters. The largest absolute Gasteiger partial charge is 0.444 e. The van der Waals surface area contributed by atoms with Crippen molar-refractivity contribution in [2.45, 2.75) is 26.4 Å². The van der Waals surface area contributed by atoms with Gasteiger partial charge < -0.3 is 15.8 Å². The molecular formula is C12H21N3O2S. The third-order valence-electron chi connectivity index (χ3n) is 1.50. The van der Waals surface area contributed by atoms with Crippen molar-refractivity contribution >= 4 is 23.7 Å². The SMILES string of the molecule is CC(C)(C)OC(=O)NCSN.Nc1ccccc1. The normalized spacial score (nSPS) is 10.0. The van der Waals surface area contributed by atoms with Crippen molar-refractivity contribution in [3.05, 3.63) is 30.3 Å². The van der Waals surface area contributed by atoms with E-state index in [-0.39, 0.29) is 0 Å². The molecular weight excluding hydrogens is 250 g/mol. The highest BCUT2D eigenvalue weighted by molar-refractivity contribution is 7.97. The number of amides is 1. The van der Waals surface area contributed by atoms with Crippen molar-refractivity contribution in [1.82, 2.24) is 5.32 Å². The molecule has 5 nitrogen and oxygen atoms in total. The molecule has 0 saturated carbocycles. The fourth-order valence-electron chi connectivity index (χ4n) is 0.868. The van der Waals surface area contributed by atoms with E-state index >= 15 is 0 Å². The van der Waals surface area contributed by atoms with E-state index in [1.165, 1.54) is 0 Å². The summed E-state index contributed by atoms with van der Waals surface area (Å²) < 4.78 is 4.92. The van der Waals surface area contributed by atoms with Crippen LogP contribution in [0.2, 0.25) is 0 Å². The van der Waals surface area contributed by atoms with Gasteiger partial charge in [0, 0.05) is 5.69 Å². The van der Waals surface area contributed by atoms with Crippen LogP contribution in [0.3, 0.4) is 0 Å². The standard InChI is InChI=1S/C6H14N2O2S.C6H7N/c1-6(2,3)10-5(9)8-4-11-7;7-6-4-2-1-3-5-6/h4,7H2,1-3H3,(H,8,9);1-5H,7H2. The first kappa shape index (κ1) is 16.6. The number of rotatable bonds is 2. The highest BCUT2D eigenvalue weighted by Gasteiger charge is 2.14. The van der Waals surface area contributed by atoms with Gasteiger partial charge in [-0.3, -0.25) is 5.14 Å². The van der Waals surface area contributed by atoms with Crippen LogP contribution in [0.5, 0.6) is 0 Å². The molecule has 0 aliphatic carbocycles. The summed E-state index contributed by atoms with van der Waals surface area (Å²) in [7, 11) is 0. The molecule has 1 aromatic carbocycles. The molecule has 102 valence electrons. The summed E-state index contributed by atoms with van der Waals surface area (Å²) in [5.74, 6) is 0.370. The number of benzene rings is 1. The summed E-state index contributed by atoms with van der Waals surface area (Å²) in [6, 6.07) is 9.49. The Morgan fingerprint density at radius 1 is 1.33 bits per heavy atom. The summed E-state index contributed by atoms with van der Waals surface area (Å²) in [4.78, 5) is 10.8. The molecule has 0 aliphatic heterocycles. The number of alkyl carbamates (subject to hydrolysis) is 1. The fourth-order valence-corrected chi connectivity index (χ4v) is 1.07. The van der Waals surface area contributed by atoms with Gasteiger partial charge in [0.05, 0.1) is 5.88 Å². The highest BCUT2D eigenvalue weighted by atomic mass is 32.2. The van der Waals surface area contributed by atoms with E-state index in [0.717, 1.165) is 17.6 Å². The predicted molar refractivity (Wildman–Crippen MR) is 76.9 cm³/mol. The first-order valence-corrected chi connectivity index (χ1v) is 6.49. The number of nitrogen functional groups attached to an aromatic ring is 1. The van der Waals surface area contributed by atoms with Crippen LogP contribution in [0.25, 0.3) is 0 Å². The molecule has 0 spiro atoms. The number of carbonyl (C=O) groups excluding carboxylic acids is 1. The predicted octanol–water partition coefficient (Wildman–Crippen LogP) is 2.34. The van der Waals surface area contributed by atoms with E-state index in [2.05, 4.69) is 5.32 Å². The van der Waals surface area contributed by atoms with Gasteiger partial charge >= 0.3 is 6.09 Å². The number of hydrogen-bond acceptors (Lipinski definition) is 5. The summed E-state index contributed by atoms with van der Waals surface area (Å²) in [6.07, 6.45) is -0.435. The van der Waals surface area contributed by atoms with Gasteiger partial charge in [0.2, 0.25) is 0 Å². The molecule has 6 heteroatoms. The van der Waals surface area contributed by atoms with Crippen LogP contribution in [0, 0.1) is 0 Å². The molecule has 0 heterocycles. The summed E-state index contributed by atoms with van der Waals surface area (Å²) in [5.41, 5.74) is 5.74. The quantitative estimate of drug-likeness (QED) is 0.436. The van der Waals surface area contributed by atoms with Crippen LogP contribution >= 0.6 is 11.9 Å². The lowest BCUT2D eigenvalue weighted by molar-refractivity contribution is 0.0538. The van der Waals surface area contributed by atoms with Crippen molar-refractivity contribution < 1.29 is 9.53 Å². The van der Waals surface area contributed by atoms with Gasteiger partial charge in [0.25, 0.3) is 0 Å². The number of para-hydroxylation sites is 1. The smallest absolute Gasteiger partial charge is 0.408 e. The first-order valence-electron chi connectivity index (χ1n) is 5.44. The lowest BCUT2D eigenvalue weighted by Crippen LogP contribution is -2.32. The molecule has 0 bridgehead atoms. The number of carbonyl (C=O) groups is 1. The van der Waals surface area contributed by atoms with Crippen molar-refractivity contribution in [3.63, 3.8) is 0 Å². The molecule has 18 heavy (non-hydrogen) atoms. The minimum Gasteiger partial charge on any atom is -0.444 e. The molecule has 5 N–H and O–H groups in total. The van der Waals surface area contributed by atoms with Gasteiger partial charge in [-0.25, -0.2) is 4.79 Å². The van der Waals surface area contributed by atoms with E-state index in [0.29, 0.717) is 5.88 Å². The van der Waals surface area contributed by atoms with E-state index in [9.17, 15) is 4.79 Å². The maximum Gasteiger partial charge on any atom is 0.408 e. The fraction of sp³-hybridized carbons (Fsp3) is 0.417. The maximum atomic E-state index is 10.8. The Morgan fingerprint density at radius 2 is 1.89 bits per heavy atom.